The molecule has 0 aromatic carbocycles. The van der Waals surface area contributed by atoms with E-state index in [-0.39, 0.29) is 13.0 Å². The number of rotatable bonds is 5. The first kappa shape index (κ1) is 9.83. The Labute approximate surface area is 63.1 Å². The average Bonchev–Trinajstić information content (AvgIpc) is 1.97. The number of amides is 2. The first-order valence-corrected chi connectivity index (χ1v) is 3.02. The fraction of sp³-hybridized carbons (Fsp3) is 0.600. The Hall–Kier alpha value is -1.17. The second-order valence-corrected chi connectivity index (χ2v) is 1.82. The summed E-state index contributed by atoms with van der Waals surface area (Å²) in [6.45, 7) is -0.870. The molecule has 0 rings (SSSR count). The third-order valence-corrected chi connectivity index (χ3v) is 0.846. The molecule has 64 valence electrons. The van der Waals surface area contributed by atoms with Gasteiger partial charge < -0.3 is 5.73 Å². The van der Waals surface area contributed by atoms with Crippen LogP contribution >= 0.6 is 0 Å². The van der Waals surface area contributed by atoms with Gasteiger partial charge in [0.15, 0.2) is 6.67 Å². The van der Waals surface area contributed by atoms with Crippen LogP contribution < -0.4 is 16.6 Å². The summed E-state index contributed by atoms with van der Waals surface area (Å²) >= 11 is 0. The van der Waals surface area contributed by atoms with E-state index >= 15 is 0 Å². The fourth-order valence-electron chi connectivity index (χ4n) is 0.380. The molecule has 11 heavy (non-hydrogen) atoms. The van der Waals surface area contributed by atoms with E-state index in [4.69, 9.17) is 5.73 Å². The molecule has 0 aliphatic rings. The van der Waals surface area contributed by atoms with E-state index < -0.39 is 18.5 Å². The number of hydrogen-bond acceptors (Lipinski definition) is 3. The van der Waals surface area contributed by atoms with E-state index in [0.29, 0.717) is 0 Å². The van der Waals surface area contributed by atoms with Crippen LogP contribution in [0.1, 0.15) is 6.42 Å². The summed E-state index contributed by atoms with van der Waals surface area (Å²) in [5.41, 5.74) is 9.12. The average molecular weight is 163 g/mol. The Morgan fingerprint density at radius 2 is 2.09 bits per heavy atom. The lowest BCUT2D eigenvalue weighted by Crippen LogP contribution is -2.39. The molecule has 4 N–H and O–H groups in total. The van der Waals surface area contributed by atoms with E-state index in [9.17, 15) is 14.0 Å². The number of alkyl halides is 1. The Morgan fingerprint density at radius 1 is 1.45 bits per heavy atom. The molecule has 0 spiro atoms. The second kappa shape index (κ2) is 5.60. The number of hydrazine groups is 1. The van der Waals surface area contributed by atoms with Gasteiger partial charge in [-0.3, -0.25) is 15.0 Å². The van der Waals surface area contributed by atoms with Gasteiger partial charge in [-0.15, -0.1) is 0 Å². The highest BCUT2D eigenvalue weighted by Gasteiger charge is 1.97. The van der Waals surface area contributed by atoms with Crippen LogP contribution in [-0.4, -0.2) is 25.0 Å². The lowest BCUT2D eigenvalue weighted by Gasteiger charge is -2.02. The molecular weight excluding hydrogens is 153 g/mol. The van der Waals surface area contributed by atoms with Crippen molar-refractivity contribution in [1.29, 1.82) is 0 Å². The lowest BCUT2D eigenvalue weighted by atomic mass is 10.4. The van der Waals surface area contributed by atoms with Gasteiger partial charge in [0.05, 0.1) is 0 Å². The van der Waals surface area contributed by atoms with Crippen molar-refractivity contribution in [2.45, 2.75) is 6.42 Å². The van der Waals surface area contributed by atoms with Gasteiger partial charge in [-0.05, 0) is 0 Å². The summed E-state index contributed by atoms with van der Waals surface area (Å²) in [5, 5.41) is 0. The molecule has 5 nitrogen and oxygen atoms in total. The maximum absolute atomic E-state index is 11.4. The first-order chi connectivity index (χ1) is 5.16. The predicted molar refractivity (Wildman–Crippen MR) is 35.9 cm³/mol. The van der Waals surface area contributed by atoms with Crippen LogP contribution in [0.4, 0.5) is 4.39 Å². The number of carbonyl (C=O) groups is 2. The standard InChI is InChI=1S/C5H10FN3O2/c6-3-5(11)9-8-2-1-4(7)10/h8H,1-3H2,(H2,7,10)(H,9,11). The number of nitrogens with one attached hydrogen (secondary N) is 2. The highest BCUT2D eigenvalue weighted by Crippen LogP contribution is 1.70. The number of carbonyl (C=O) groups excluding carboxylic acids is 2. The molecule has 0 fully saturated rings. The largest absolute Gasteiger partial charge is 0.370 e. The molecule has 0 radical (unpaired) electrons. The molecular formula is C5H10FN3O2. The van der Waals surface area contributed by atoms with E-state index in [1.54, 1.807) is 0 Å². The number of halogens is 1. The minimum absolute atomic E-state index is 0.104. The van der Waals surface area contributed by atoms with Gasteiger partial charge in [-0.2, -0.15) is 0 Å². The molecule has 0 heterocycles. The van der Waals surface area contributed by atoms with Crippen LogP contribution in [0.2, 0.25) is 0 Å². The minimum Gasteiger partial charge on any atom is -0.370 e. The molecule has 0 atom stereocenters. The van der Waals surface area contributed by atoms with Gasteiger partial charge in [0.1, 0.15) is 0 Å². The molecule has 0 aliphatic heterocycles. The first-order valence-electron chi connectivity index (χ1n) is 3.02. The summed E-state index contributed by atoms with van der Waals surface area (Å²) in [7, 11) is 0. The zero-order chi connectivity index (χ0) is 8.69. The van der Waals surface area contributed by atoms with Gasteiger partial charge in [0.2, 0.25) is 5.91 Å². The van der Waals surface area contributed by atoms with Crippen LogP contribution in [0.5, 0.6) is 0 Å². The molecule has 0 saturated carbocycles. The van der Waals surface area contributed by atoms with Crippen molar-refractivity contribution in [3.05, 3.63) is 0 Å². The van der Waals surface area contributed by atoms with Crippen molar-refractivity contribution in [2.75, 3.05) is 13.2 Å². The minimum atomic E-state index is -1.08. The van der Waals surface area contributed by atoms with Crippen molar-refractivity contribution in [3.63, 3.8) is 0 Å². The summed E-state index contributed by atoms with van der Waals surface area (Å²) < 4.78 is 11.4. The Morgan fingerprint density at radius 3 is 2.55 bits per heavy atom. The summed E-state index contributed by atoms with van der Waals surface area (Å²) in [6.07, 6.45) is 0.104. The van der Waals surface area contributed by atoms with Crippen molar-refractivity contribution >= 4 is 11.8 Å². The van der Waals surface area contributed by atoms with Crippen LogP contribution in [0.3, 0.4) is 0 Å². The summed E-state index contributed by atoms with van der Waals surface area (Å²) in [6, 6.07) is 0. The van der Waals surface area contributed by atoms with E-state index in [1.807, 2.05) is 5.43 Å². The van der Waals surface area contributed by atoms with Gasteiger partial charge in [0.25, 0.3) is 5.91 Å². The normalized spacial score (nSPS) is 9.18. The van der Waals surface area contributed by atoms with Crippen LogP contribution in [0.25, 0.3) is 0 Å². The van der Waals surface area contributed by atoms with Crippen molar-refractivity contribution in [1.82, 2.24) is 10.9 Å². The monoisotopic (exact) mass is 163 g/mol. The lowest BCUT2D eigenvalue weighted by molar-refractivity contribution is -0.123. The topological polar surface area (TPSA) is 84.2 Å². The Bertz CT molecular complexity index is 151. The third-order valence-electron chi connectivity index (χ3n) is 0.846. The molecule has 0 unspecified atom stereocenters. The van der Waals surface area contributed by atoms with Gasteiger partial charge in [-0.25, -0.2) is 9.82 Å². The van der Waals surface area contributed by atoms with E-state index in [0.717, 1.165) is 0 Å². The SMILES string of the molecule is NC(=O)CCNNC(=O)CF. The zero-order valence-corrected chi connectivity index (χ0v) is 5.89. The summed E-state index contributed by atoms with van der Waals surface area (Å²) in [4.78, 5) is 20.3. The second-order valence-electron chi connectivity index (χ2n) is 1.82. The third kappa shape index (κ3) is 6.72. The van der Waals surface area contributed by atoms with Crippen LogP contribution in [0.15, 0.2) is 0 Å². The van der Waals surface area contributed by atoms with Crippen molar-refractivity contribution in [2.24, 2.45) is 5.73 Å². The maximum Gasteiger partial charge on any atom is 0.265 e. The Balaban J connectivity index is 3.14. The predicted octanol–water partition coefficient (Wildman–Crippen LogP) is -1.55. The molecule has 0 saturated heterocycles. The van der Waals surface area contributed by atoms with Crippen LogP contribution in [-0.2, 0) is 9.59 Å². The summed E-state index contributed by atoms with van der Waals surface area (Å²) in [5.74, 6) is -1.25. The number of hydrogen-bond donors (Lipinski definition) is 3. The molecule has 6 heteroatoms. The molecule has 0 aromatic rings. The van der Waals surface area contributed by atoms with Gasteiger partial charge >= 0.3 is 0 Å². The quantitative estimate of drug-likeness (QED) is 0.339. The number of primary amides is 1. The molecule has 0 bridgehead atoms. The maximum atomic E-state index is 11.4. The highest BCUT2D eigenvalue weighted by atomic mass is 19.1. The van der Waals surface area contributed by atoms with Gasteiger partial charge in [-0.1, -0.05) is 0 Å². The van der Waals surface area contributed by atoms with Crippen molar-refractivity contribution < 1.29 is 14.0 Å². The van der Waals surface area contributed by atoms with Crippen molar-refractivity contribution in [3.8, 4) is 0 Å². The Kier molecular flexibility index (Phi) is 5.01. The highest BCUT2D eigenvalue weighted by molar-refractivity contribution is 5.76. The van der Waals surface area contributed by atoms with E-state index in [1.165, 1.54) is 0 Å². The number of nitrogens with two attached hydrogens (primary N) is 1. The van der Waals surface area contributed by atoms with Gasteiger partial charge in [0, 0.05) is 13.0 Å². The molecule has 2 amide bonds. The smallest absolute Gasteiger partial charge is 0.265 e. The molecule has 0 aromatic heterocycles. The van der Waals surface area contributed by atoms with Crippen LogP contribution in [0, 0.1) is 0 Å². The fourth-order valence-corrected chi connectivity index (χ4v) is 0.380. The zero-order valence-electron chi connectivity index (χ0n) is 5.89. The molecule has 0 aliphatic carbocycles. The van der Waals surface area contributed by atoms with E-state index in [2.05, 4.69) is 5.43 Å².